The van der Waals surface area contributed by atoms with Gasteiger partial charge in [0.25, 0.3) is 0 Å². The van der Waals surface area contributed by atoms with Crippen molar-refractivity contribution in [3.05, 3.63) is 53.1 Å². The van der Waals surface area contributed by atoms with Gasteiger partial charge in [-0.3, -0.25) is 4.79 Å². The maximum atomic E-state index is 13.2. The van der Waals surface area contributed by atoms with Crippen LogP contribution in [0.15, 0.2) is 36.4 Å². The van der Waals surface area contributed by atoms with Crippen LogP contribution in [0, 0.1) is 24.7 Å². The summed E-state index contributed by atoms with van der Waals surface area (Å²) in [4.78, 5) is 13.2. The maximum Gasteiger partial charge on any atom is 0.170 e. The summed E-state index contributed by atoms with van der Waals surface area (Å²) in [5, 5.41) is 0. The van der Waals surface area contributed by atoms with Crippen molar-refractivity contribution < 1.29 is 14.3 Å². The van der Waals surface area contributed by atoms with Crippen LogP contribution in [0.2, 0.25) is 0 Å². The zero-order valence-corrected chi connectivity index (χ0v) is 24.8. The van der Waals surface area contributed by atoms with Crippen LogP contribution in [0.1, 0.15) is 128 Å². The zero-order valence-electron chi connectivity index (χ0n) is 24.8. The largest absolute Gasteiger partial charge is 0.489 e. The van der Waals surface area contributed by atoms with Gasteiger partial charge >= 0.3 is 0 Å². The third-order valence-electron chi connectivity index (χ3n) is 8.70. The monoisotopic (exact) mass is 537 g/mol. The molecule has 5 rings (SSSR count). The van der Waals surface area contributed by atoms with Gasteiger partial charge in [-0.1, -0.05) is 67.4 Å². The average Bonchev–Trinajstić information content (AvgIpc) is 2.94. The number of carbonyl (C=O) groups excluding carboxylic acids is 1. The van der Waals surface area contributed by atoms with E-state index in [0.717, 1.165) is 53.2 Å². The van der Waals surface area contributed by atoms with Gasteiger partial charge in [0.15, 0.2) is 5.78 Å². The van der Waals surface area contributed by atoms with Gasteiger partial charge < -0.3 is 15.2 Å². The van der Waals surface area contributed by atoms with E-state index in [0.29, 0.717) is 24.3 Å². The SMILES string of the molecule is C.CC.CC.CCC1CCC(C2CCC3(CC2)CC(=O)c2cc(OCc4cc(C)cc(N)c4)ccc2O3)CC1. The number of nitrogens with two attached hydrogens (primary N) is 1. The molecule has 1 aliphatic heterocycles. The van der Waals surface area contributed by atoms with E-state index < -0.39 is 0 Å². The number of Topliss-reactive ketones (excluding diaryl/α,β-unsaturated/α-hetero) is 1. The second kappa shape index (κ2) is 15.3. The molecule has 0 aromatic heterocycles. The minimum absolute atomic E-state index is 0. The molecule has 2 aromatic carbocycles. The fourth-order valence-corrected chi connectivity index (χ4v) is 6.69. The first-order chi connectivity index (χ1) is 18.4. The lowest BCUT2D eigenvalue weighted by molar-refractivity contribution is -0.00936. The number of ether oxygens (including phenoxy) is 2. The molecule has 1 heterocycles. The Morgan fingerprint density at radius 3 is 2.18 bits per heavy atom. The topological polar surface area (TPSA) is 61.5 Å². The van der Waals surface area contributed by atoms with Crippen LogP contribution in [-0.4, -0.2) is 11.4 Å². The summed E-state index contributed by atoms with van der Waals surface area (Å²) in [6, 6.07) is 11.6. The zero-order chi connectivity index (χ0) is 27.7. The second-order valence-electron chi connectivity index (χ2n) is 11.1. The van der Waals surface area contributed by atoms with Crippen molar-refractivity contribution in [2.45, 2.75) is 125 Å². The summed E-state index contributed by atoms with van der Waals surface area (Å²) in [6.07, 6.45) is 11.9. The lowest BCUT2D eigenvalue weighted by Crippen LogP contribution is -2.45. The summed E-state index contributed by atoms with van der Waals surface area (Å²) in [7, 11) is 0. The number of benzene rings is 2. The Morgan fingerprint density at radius 1 is 0.923 bits per heavy atom. The first-order valence-electron chi connectivity index (χ1n) is 15.3. The van der Waals surface area contributed by atoms with E-state index in [9.17, 15) is 4.79 Å². The van der Waals surface area contributed by atoms with Gasteiger partial charge in [-0.25, -0.2) is 0 Å². The maximum absolute atomic E-state index is 13.2. The van der Waals surface area contributed by atoms with E-state index in [1.807, 2.05) is 65.0 Å². The molecule has 4 nitrogen and oxygen atoms in total. The Labute approximate surface area is 239 Å². The molecule has 0 amide bonds. The van der Waals surface area contributed by atoms with Gasteiger partial charge in [0, 0.05) is 5.69 Å². The van der Waals surface area contributed by atoms with Crippen LogP contribution in [0.4, 0.5) is 5.69 Å². The predicted octanol–water partition coefficient (Wildman–Crippen LogP) is 9.96. The molecule has 2 aromatic rings. The van der Waals surface area contributed by atoms with E-state index in [2.05, 4.69) is 13.0 Å². The molecule has 2 saturated carbocycles. The van der Waals surface area contributed by atoms with Crippen LogP contribution >= 0.6 is 0 Å². The number of carbonyl (C=O) groups is 1. The third kappa shape index (κ3) is 8.25. The molecule has 4 heteroatoms. The Bertz CT molecular complexity index is 1010. The third-order valence-corrected chi connectivity index (χ3v) is 8.70. The van der Waals surface area contributed by atoms with E-state index >= 15 is 0 Å². The highest BCUT2D eigenvalue weighted by Crippen LogP contribution is 2.48. The minimum Gasteiger partial charge on any atom is -0.489 e. The Morgan fingerprint density at radius 2 is 1.56 bits per heavy atom. The molecular formula is C35H55NO3. The second-order valence-corrected chi connectivity index (χ2v) is 11.1. The van der Waals surface area contributed by atoms with Gasteiger partial charge in [-0.15, -0.1) is 0 Å². The number of aryl methyl sites for hydroxylation is 1. The van der Waals surface area contributed by atoms with E-state index in [4.69, 9.17) is 15.2 Å². The molecule has 2 fully saturated rings. The number of hydrogen-bond acceptors (Lipinski definition) is 4. The van der Waals surface area contributed by atoms with E-state index in [1.54, 1.807) is 0 Å². The van der Waals surface area contributed by atoms with Crippen LogP contribution in [-0.2, 0) is 6.61 Å². The summed E-state index contributed by atoms with van der Waals surface area (Å²) in [5.74, 6) is 4.26. The van der Waals surface area contributed by atoms with Crippen molar-refractivity contribution in [1.29, 1.82) is 0 Å². The van der Waals surface area contributed by atoms with Crippen LogP contribution in [0.5, 0.6) is 11.5 Å². The number of anilines is 1. The van der Waals surface area contributed by atoms with Gasteiger partial charge in [-0.05, 0) is 105 Å². The highest BCUT2D eigenvalue weighted by molar-refractivity contribution is 6.00. The number of rotatable bonds is 5. The fraction of sp³-hybridized carbons (Fsp3) is 0.629. The van der Waals surface area contributed by atoms with Gasteiger partial charge in [0.2, 0.25) is 0 Å². The summed E-state index contributed by atoms with van der Waals surface area (Å²) in [5.41, 5.74) is 9.18. The van der Waals surface area contributed by atoms with Crippen LogP contribution in [0.3, 0.4) is 0 Å². The molecule has 39 heavy (non-hydrogen) atoms. The molecule has 2 N–H and O–H groups in total. The molecule has 0 atom stereocenters. The Kier molecular flexibility index (Phi) is 12.9. The molecule has 0 saturated heterocycles. The number of hydrogen-bond donors (Lipinski definition) is 1. The van der Waals surface area contributed by atoms with Crippen molar-refractivity contribution in [3.63, 3.8) is 0 Å². The first kappa shape index (κ1) is 32.7. The van der Waals surface area contributed by atoms with E-state index in [1.165, 1.54) is 44.9 Å². The van der Waals surface area contributed by atoms with Gasteiger partial charge in [-0.2, -0.15) is 0 Å². The molecule has 2 aliphatic carbocycles. The minimum atomic E-state index is -0.303. The highest BCUT2D eigenvalue weighted by Gasteiger charge is 2.44. The molecule has 0 unspecified atom stereocenters. The fourth-order valence-electron chi connectivity index (χ4n) is 6.69. The average molecular weight is 538 g/mol. The van der Waals surface area contributed by atoms with Crippen molar-refractivity contribution >= 4 is 11.5 Å². The first-order valence-corrected chi connectivity index (χ1v) is 15.3. The van der Waals surface area contributed by atoms with Gasteiger partial charge in [0.1, 0.15) is 23.7 Å². The van der Waals surface area contributed by atoms with Crippen LogP contribution in [0.25, 0.3) is 0 Å². The normalized spacial score (nSPS) is 25.5. The molecule has 218 valence electrons. The molecule has 3 aliphatic rings. The summed E-state index contributed by atoms with van der Waals surface area (Å²) >= 11 is 0. The predicted molar refractivity (Wildman–Crippen MR) is 166 cm³/mol. The smallest absolute Gasteiger partial charge is 0.170 e. The van der Waals surface area contributed by atoms with Crippen LogP contribution < -0.4 is 15.2 Å². The number of fused-ring (bicyclic) bond motifs is 1. The Balaban J connectivity index is 0.00000102. The quantitative estimate of drug-likeness (QED) is 0.385. The Hall–Kier alpha value is -2.49. The number of nitrogen functional groups attached to an aromatic ring is 1. The van der Waals surface area contributed by atoms with Crippen molar-refractivity contribution in [2.24, 2.45) is 17.8 Å². The molecule has 0 bridgehead atoms. The lowest BCUT2D eigenvalue weighted by Gasteiger charge is -2.45. The molecule has 1 spiro atoms. The standard InChI is InChI=1S/C30H39NO3.2C2H6.CH4/c1-3-21-4-6-23(7-5-21)24-10-12-30(13-11-24)18-28(32)27-17-26(8-9-29(27)34-30)33-19-22-14-20(2)15-25(31)16-22;2*1-2;/h8-9,14-17,21,23-24H,3-7,10-13,18-19,31H2,1-2H3;2*1-2H3;1H4. The molecule has 0 radical (unpaired) electrons. The van der Waals surface area contributed by atoms with Crippen molar-refractivity contribution in [3.8, 4) is 11.5 Å². The number of ketones is 1. The van der Waals surface area contributed by atoms with Crippen molar-refractivity contribution in [1.82, 2.24) is 0 Å². The summed E-state index contributed by atoms with van der Waals surface area (Å²) < 4.78 is 12.5. The highest BCUT2D eigenvalue weighted by atomic mass is 16.5. The molecular weight excluding hydrogens is 482 g/mol. The van der Waals surface area contributed by atoms with E-state index in [-0.39, 0.29) is 18.8 Å². The lowest BCUT2D eigenvalue weighted by atomic mass is 9.66. The summed E-state index contributed by atoms with van der Waals surface area (Å²) in [6.45, 7) is 12.8. The van der Waals surface area contributed by atoms with Crippen molar-refractivity contribution in [2.75, 3.05) is 5.73 Å². The van der Waals surface area contributed by atoms with Gasteiger partial charge in [0.05, 0.1) is 12.0 Å².